The zero-order chi connectivity index (χ0) is 11.4. The molecule has 88 valence electrons. The smallest absolute Gasteiger partial charge is 0.0603 e. The van der Waals surface area contributed by atoms with E-state index in [0.29, 0.717) is 0 Å². The van der Waals surface area contributed by atoms with Crippen LogP contribution in [0.3, 0.4) is 0 Å². The molecule has 0 bridgehead atoms. The molecule has 0 heterocycles. The van der Waals surface area contributed by atoms with Crippen molar-refractivity contribution in [3.63, 3.8) is 0 Å². The Kier molecular flexibility index (Phi) is 3.70. The van der Waals surface area contributed by atoms with E-state index in [1.54, 1.807) is 0 Å². The lowest BCUT2D eigenvalue weighted by Crippen LogP contribution is -2.09. The summed E-state index contributed by atoms with van der Waals surface area (Å²) < 4.78 is 0. The number of nitrogens with two attached hydrogens (primary N) is 1. The Labute approximate surface area is 98.2 Å². The predicted octanol–water partition coefficient (Wildman–Crippen LogP) is 3.57. The van der Waals surface area contributed by atoms with Gasteiger partial charge in [0.1, 0.15) is 0 Å². The molecule has 1 aliphatic rings. The summed E-state index contributed by atoms with van der Waals surface area (Å²) >= 11 is 0. The first-order chi connectivity index (χ1) is 7.77. The van der Waals surface area contributed by atoms with E-state index in [2.05, 4.69) is 18.3 Å². The fraction of sp³-hybridized carbons (Fsp3) is 0.571. The van der Waals surface area contributed by atoms with E-state index in [-0.39, 0.29) is 0 Å². The second kappa shape index (κ2) is 5.24. The second-order valence-corrected chi connectivity index (χ2v) is 4.91. The van der Waals surface area contributed by atoms with E-state index in [9.17, 15) is 0 Å². The zero-order valence-corrected chi connectivity index (χ0v) is 10.1. The quantitative estimate of drug-likeness (QED) is 0.758. The van der Waals surface area contributed by atoms with Crippen LogP contribution in [0.4, 0.5) is 11.4 Å². The molecule has 2 rings (SSSR count). The highest BCUT2D eigenvalue weighted by molar-refractivity contribution is 5.69. The lowest BCUT2D eigenvalue weighted by atomic mass is 10.0. The zero-order valence-electron chi connectivity index (χ0n) is 10.1. The minimum Gasteiger partial charge on any atom is -0.397 e. The molecule has 0 amide bonds. The van der Waals surface area contributed by atoms with Crippen LogP contribution in [0.15, 0.2) is 18.2 Å². The molecule has 2 nitrogen and oxygen atoms in total. The molecule has 1 aliphatic carbocycles. The van der Waals surface area contributed by atoms with Crippen LogP contribution in [0.5, 0.6) is 0 Å². The topological polar surface area (TPSA) is 38.0 Å². The highest BCUT2D eigenvalue weighted by Gasteiger charge is 2.14. The second-order valence-electron chi connectivity index (χ2n) is 4.91. The third-order valence-corrected chi connectivity index (χ3v) is 3.63. The maximum atomic E-state index is 5.95. The molecule has 0 saturated heterocycles. The van der Waals surface area contributed by atoms with Crippen LogP contribution in [0.25, 0.3) is 0 Å². The van der Waals surface area contributed by atoms with Crippen molar-refractivity contribution in [2.24, 2.45) is 5.92 Å². The van der Waals surface area contributed by atoms with Gasteiger partial charge in [-0.1, -0.05) is 37.8 Å². The van der Waals surface area contributed by atoms with E-state index in [4.69, 9.17) is 5.73 Å². The van der Waals surface area contributed by atoms with Crippen LogP contribution in [0.1, 0.15) is 37.7 Å². The number of hydrogen-bond acceptors (Lipinski definition) is 2. The molecule has 1 aromatic rings. The van der Waals surface area contributed by atoms with Gasteiger partial charge in [-0.15, -0.1) is 0 Å². The van der Waals surface area contributed by atoms with Crippen molar-refractivity contribution >= 4 is 11.4 Å². The summed E-state index contributed by atoms with van der Waals surface area (Å²) in [5.41, 5.74) is 9.19. The third kappa shape index (κ3) is 2.69. The number of aryl methyl sites for hydroxylation is 1. The van der Waals surface area contributed by atoms with E-state index in [1.807, 2.05) is 12.1 Å². The molecular weight excluding hydrogens is 196 g/mol. The van der Waals surface area contributed by atoms with Crippen LogP contribution in [0.2, 0.25) is 0 Å². The Morgan fingerprint density at radius 1 is 1.31 bits per heavy atom. The van der Waals surface area contributed by atoms with E-state index < -0.39 is 0 Å². The van der Waals surface area contributed by atoms with Crippen LogP contribution in [-0.4, -0.2) is 6.54 Å². The van der Waals surface area contributed by atoms with Gasteiger partial charge >= 0.3 is 0 Å². The van der Waals surface area contributed by atoms with Crippen molar-refractivity contribution in [3.8, 4) is 0 Å². The fourth-order valence-corrected chi connectivity index (χ4v) is 2.63. The van der Waals surface area contributed by atoms with Gasteiger partial charge in [-0.3, -0.25) is 0 Å². The largest absolute Gasteiger partial charge is 0.397 e. The molecule has 1 fully saturated rings. The average Bonchev–Trinajstić information content (AvgIpc) is 2.75. The fourth-order valence-electron chi connectivity index (χ4n) is 2.63. The lowest BCUT2D eigenvalue weighted by molar-refractivity contribution is 0.518. The molecule has 0 atom stereocenters. The molecule has 0 spiro atoms. The van der Waals surface area contributed by atoms with Gasteiger partial charge in [0.25, 0.3) is 0 Å². The Balaban J connectivity index is 1.84. The summed E-state index contributed by atoms with van der Waals surface area (Å²) in [6, 6.07) is 6.08. The Hall–Kier alpha value is -1.18. The first-order valence-electron chi connectivity index (χ1n) is 6.36. The maximum Gasteiger partial charge on any atom is 0.0603 e. The summed E-state index contributed by atoms with van der Waals surface area (Å²) in [6.07, 6.45) is 6.98. The predicted molar refractivity (Wildman–Crippen MR) is 70.7 cm³/mol. The van der Waals surface area contributed by atoms with Crippen LogP contribution in [-0.2, 0) is 0 Å². The van der Waals surface area contributed by atoms with Crippen LogP contribution < -0.4 is 11.1 Å². The van der Waals surface area contributed by atoms with Crippen LogP contribution >= 0.6 is 0 Å². The van der Waals surface area contributed by atoms with Gasteiger partial charge in [0.05, 0.1) is 11.4 Å². The minimum atomic E-state index is 0.867. The Bertz CT molecular complexity index is 320. The highest BCUT2D eigenvalue weighted by atomic mass is 14.9. The minimum absolute atomic E-state index is 0.867. The van der Waals surface area contributed by atoms with E-state index in [0.717, 1.165) is 23.8 Å². The lowest BCUT2D eigenvalue weighted by Gasteiger charge is -2.14. The van der Waals surface area contributed by atoms with Gasteiger partial charge in [0.15, 0.2) is 0 Å². The van der Waals surface area contributed by atoms with Crippen molar-refractivity contribution in [1.82, 2.24) is 0 Å². The summed E-state index contributed by atoms with van der Waals surface area (Å²) in [4.78, 5) is 0. The van der Waals surface area contributed by atoms with Crippen molar-refractivity contribution in [2.45, 2.75) is 39.0 Å². The molecule has 0 aliphatic heterocycles. The Morgan fingerprint density at radius 3 is 2.75 bits per heavy atom. The number of benzene rings is 1. The molecule has 1 saturated carbocycles. The number of anilines is 2. The SMILES string of the molecule is Cc1cccc(N)c1NCCC1CCCC1. The summed E-state index contributed by atoms with van der Waals surface area (Å²) in [5.74, 6) is 0.942. The van der Waals surface area contributed by atoms with Gasteiger partial charge in [0.2, 0.25) is 0 Å². The third-order valence-electron chi connectivity index (χ3n) is 3.63. The molecule has 0 aromatic heterocycles. The van der Waals surface area contributed by atoms with Gasteiger partial charge < -0.3 is 11.1 Å². The van der Waals surface area contributed by atoms with Crippen LogP contribution in [0, 0.1) is 12.8 Å². The van der Waals surface area contributed by atoms with E-state index in [1.165, 1.54) is 37.7 Å². The molecule has 16 heavy (non-hydrogen) atoms. The monoisotopic (exact) mass is 218 g/mol. The highest BCUT2D eigenvalue weighted by Crippen LogP contribution is 2.28. The van der Waals surface area contributed by atoms with Gasteiger partial charge in [-0.25, -0.2) is 0 Å². The standard InChI is InChI=1S/C14H22N2/c1-11-5-4-8-13(15)14(11)16-10-9-12-6-2-3-7-12/h4-5,8,12,16H,2-3,6-7,9-10,15H2,1H3. The molecule has 3 N–H and O–H groups in total. The number of hydrogen-bond donors (Lipinski definition) is 2. The van der Waals surface area contributed by atoms with Crippen molar-refractivity contribution < 1.29 is 0 Å². The van der Waals surface area contributed by atoms with Crippen molar-refractivity contribution in [3.05, 3.63) is 23.8 Å². The number of nitrogens with one attached hydrogen (secondary N) is 1. The van der Waals surface area contributed by atoms with E-state index >= 15 is 0 Å². The maximum absolute atomic E-state index is 5.95. The van der Waals surface area contributed by atoms with Gasteiger partial charge in [-0.2, -0.15) is 0 Å². The molecule has 1 aromatic carbocycles. The van der Waals surface area contributed by atoms with Gasteiger partial charge in [0, 0.05) is 6.54 Å². The summed E-state index contributed by atoms with van der Waals surface area (Å²) in [5, 5.41) is 3.48. The number of rotatable bonds is 4. The molecule has 0 radical (unpaired) electrons. The van der Waals surface area contributed by atoms with Crippen molar-refractivity contribution in [2.75, 3.05) is 17.6 Å². The molecular formula is C14H22N2. The Morgan fingerprint density at radius 2 is 2.06 bits per heavy atom. The summed E-state index contributed by atoms with van der Waals surface area (Å²) in [6.45, 7) is 3.16. The summed E-state index contributed by atoms with van der Waals surface area (Å²) in [7, 11) is 0. The number of nitrogen functional groups attached to an aromatic ring is 1. The molecule has 0 unspecified atom stereocenters. The van der Waals surface area contributed by atoms with Gasteiger partial charge in [-0.05, 0) is 30.9 Å². The van der Waals surface area contributed by atoms with Crippen molar-refractivity contribution in [1.29, 1.82) is 0 Å². The normalized spacial score (nSPS) is 16.6. The first-order valence-corrected chi connectivity index (χ1v) is 6.36. The average molecular weight is 218 g/mol. The first kappa shape index (κ1) is 11.3. The number of para-hydroxylation sites is 1. The molecule has 2 heteroatoms.